The van der Waals surface area contributed by atoms with Gasteiger partial charge in [-0.3, -0.25) is 14.2 Å². The molecule has 0 bridgehead atoms. The van der Waals surface area contributed by atoms with Crippen LogP contribution in [-0.2, 0) is 20.8 Å². The highest BCUT2D eigenvalue weighted by Crippen LogP contribution is 2.15. The van der Waals surface area contributed by atoms with Crippen LogP contribution in [0.3, 0.4) is 0 Å². The topological polar surface area (TPSA) is 143 Å². The van der Waals surface area contributed by atoms with Crippen LogP contribution in [0.5, 0.6) is 0 Å². The summed E-state index contributed by atoms with van der Waals surface area (Å²) in [5, 5.41) is 6.03. The Morgan fingerprint density at radius 1 is 1.17 bits per heavy atom. The highest BCUT2D eigenvalue weighted by Gasteiger charge is 2.24. The van der Waals surface area contributed by atoms with E-state index in [1.807, 2.05) is 0 Å². The molecule has 0 radical (unpaired) electrons. The first-order chi connectivity index (χ1) is 14.3. The standard InChI is InChI=1S/C19H18N4O7/c1-4-29-19(27)15-14-16(30-22-15)20-10(2)23(17(14)25)9-13(24)21-12-7-5-11(6-8-12)18(26)28-3/h5-8H,4,9H2,1-3H3,(H,21,24). The summed E-state index contributed by atoms with van der Waals surface area (Å²) in [6.45, 7) is 2.87. The second-order valence-corrected chi connectivity index (χ2v) is 6.10. The summed E-state index contributed by atoms with van der Waals surface area (Å²) in [5.74, 6) is -1.63. The van der Waals surface area contributed by atoms with Crippen LogP contribution in [0.25, 0.3) is 11.1 Å². The van der Waals surface area contributed by atoms with Gasteiger partial charge < -0.3 is 19.3 Å². The molecule has 0 spiro atoms. The van der Waals surface area contributed by atoms with Crippen molar-refractivity contribution in [2.24, 2.45) is 0 Å². The van der Waals surface area contributed by atoms with Crippen LogP contribution in [0, 0.1) is 6.92 Å². The van der Waals surface area contributed by atoms with E-state index >= 15 is 0 Å². The molecule has 2 aromatic heterocycles. The van der Waals surface area contributed by atoms with Crippen LogP contribution >= 0.6 is 0 Å². The van der Waals surface area contributed by atoms with Gasteiger partial charge in [0.15, 0.2) is 0 Å². The second-order valence-electron chi connectivity index (χ2n) is 6.10. The van der Waals surface area contributed by atoms with Crippen molar-refractivity contribution in [3.05, 3.63) is 51.7 Å². The van der Waals surface area contributed by atoms with Crippen LogP contribution < -0.4 is 10.9 Å². The summed E-state index contributed by atoms with van der Waals surface area (Å²) in [6, 6.07) is 6.05. The number of hydrogen-bond donors (Lipinski definition) is 1. The number of amides is 1. The Morgan fingerprint density at radius 2 is 1.87 bits per heavy atom. The minimum absolute atomic E-state index is 0.0951. The van der Waals surface area contributed by atoms with Gasteiger partial charge in [-0.15, -0.1) is 0 Å². The van der Waals surface area contributed by atoms with Gasteiger partial charge in [-0.2, -0.15) is 4.98 Å². The van der Waals surface area contributed by atoms with Crippen molar-refractivity contribution < 1.29 is 28.4 Å². The molecule has 0 aliphatic carbocycles. The van der Waals surface area contributed by atoms with Gasteiger partial charge in [0.2, 0.25) is 11.6 Å². The zero-order chi connectivity index (χ0) is 21.8. The first kappa shape index (κ1) is 20.7. The number of nitrogens with one attached hydrogen (secondary N) is 1. The van der Waals surface area contributed by atoms with E-state index in [0.29, 0.717) is 11.3 Å². The number of esters is 2. The monoisotopic (exact) mass is 414 g/mol. The number of benzene rings is 1. The number of anilines is 1. The van der Waals surface area contributed by atoms with E-state index in [-0.39, 0.29) is 35.8 Å². The van der Waals surface area contributed by atoms with Crippen LogP contribution in [0.15, 0.2) is 33.6 Å². The van der Waals surface area contributed by atoms with Crippen molar-refractivity contribution in [2.45, 2.75) is 20.4 Å². The van der Waals surface area contributed by atoms with E-state index in [1.165, 1.54) is 38.3 Å². The Kier molecular flexibility index (Phi) is 5.90. The van der Waals surface area contributed by atoms with Crippen LogP contribution in [-0.4, -0.2) is 46.3 Å². The van der Waals surface area contributed by atoms with E-state index in [0.717, 1.165) is 4.57 Å². The molecule has 3 rings (SSSR count). The first-order valence-corrected chi connectivity index (χ1v) is 8.87. The average Bonchev–Trinajstić information content (AvgIpc) is 3.15. The highest BCUT2D eigenvalue weighted by atomic mass is 16.5. The molecule has 0 unspecified atom stereocenters. The fourth-order valence-corrected chi connectivity index (χ4v) is 2.72. The molecule has 11 heteroatoms. The third kappa shape index (κ3) is 4.04. The van der Waals surface area contributed by atoms with Crippen molar-refractivity contribution >= 4 is 34.6 Å². The summed E-state index contributed by atoms with van der Waals surface area (Å²) >= 11 is 0. The van der Waals surface area contributed by atoms with Gasteiger partial charge in [0.05, 0.1) is 19.3 Å². The van der Waals surface area contributed by atoms with Crippen LogP contribution in [0.4, 0.5) is 5.69 Å². The highest BCUT2D eigenvalue weighted by molar-refractivity contribution is 6.00. The maximum Gasteiger partial charge on any atom is 0.361 e. The molecule has 0 fully saturated rings. The van der Waals surface area contributed by atoms with Crippen LogP contribution in [0.2, 0.25) is 0 Å². The van der Waals surface area contributed by atoms with Crippen molar-refractivity contribution in [3.63, 3.8) is 0 Å². The number of nitrogens with zero attached hydrogens (tertiary/aromatic N) is 3. The SMILES string of the molecule is CCOC(=O)c1noc2nc(C)n(CC(=O)Nc3ccc(C(=O)OC)cc3)c(=O)c12. The Bertz CT molecular complexity index is 1180. The summed E-state index contributed by atoms with van der Waals surface area (Å²) < 4.78 is 15.5. The predicted molar refractivity (Wildman–Crippen MR) is 103 cm³/mol. The Hall–Kier alpha value is -4.02. The number of hydrogen-bond acceptors (Lipinski definition) is 9. The summed E-state index contributed by atoms with van der Waals surface area (Å²) in [6.07, 6.45) is 0. The molecule has 0 saturated heterocycles. The van der Waals surface area contributed by atoms with Crippen molar-refractivity contribution in [3.8, 4) is 0 Å². The molecule has 0 atom stereocenters. The Morgan fingerprint density at radius 3 is 2.50 bits per heavy atom. The number of ether oxygens (including phenoxy) is 2. The van der Waals surface area contributed by atoms with Gasteiger partial charge in [-0.1, -0.05) is 5.16 Å². The number of aromatic nitrogens is 3. The third-order valence-corrected chi connectivity index (χ3v) is 4.15. The van der Waals surface area contributed by atoms with Crippen molar-refractivity contribution in [1.82, 2.24) is 14.7 Å². The molecule has 2 heterocycles. The maximum atomic E-state index is 12.9. The number of fused-ring (bicyclic) bond motifs is 1. The number of carbonyl (C=O) groups excluding carboxylic acids is 3. The summed E-state index contributed by atoms with van der Waals surface area (Å²) in [7, 11) is 1.27. The van der Waals surface area contributed by atoms with Crippen LogP contribution in [0.1, 0.15) is 33.6 Å². The maximum absolute atomic E-state index is 12.9. The third-order valence-electron chi connectivity index (χ3n) is 4.15. The number of aryl methyl sites for hydroxylation is 1. The van der Waals surface area contributed by atoms with Crippen molar-refractivity contribution in [2.75, 3.05) is 19.0 Å². The lowest BCUT2D eigenvalue weighted by Gasteiger charge is -2.10. The van der Waals surface area contributed by atoms with Crippen molar-refractivity contribution in [1.29, 1.82) is 0 Å². The molecule has 11 nitrogen and oxygen atoms in total. The Balaban J connectivity index is 1.85. The molecule has 0 aliphatic heterocycles. The first-order valence-electron chi connectivity index (χ1n) is 8.87. The lowest BCUT2D eigenvalue weighted by atomic mass is 10.2. The van der Waals surface area contributed by atoms with Gasteiger partial charge in [-0.05, 0) is 38.1 Å². The normalized spacial score (nSPS) is 10.6. The van der Waals surface area contributed by atoms with Gasteiger partial charge >= 0.3 is 11.9 Å². The molecular formula is C19H18N4O7. The lowest BCUT2D eigenvalue weighted by Crippen LogP contribution is -2.30. The Labute approximate surface area is 169 Å². The molecule has 156 valence electrons. The molecule has 30 heavy (non-hydrogen) atoms. The van der Waals surface area contributed by atoms with E-state index in [1.54, 1.807) is 6.92 Å². The molecular weight excluding hydrogens is 396 g/mol. The van der Waals surface area contributed by atoms with Gasteiger partial charge in [0, 0.05) is 5.69 Å². The van der Waals surface area contributed by atoms with E-state index in [4.69, 9.17) is 9.26 Å². The smallest absolute Gasteiger partial charge is 0.361 e. The molecule has 3 aromatic rings. The lowest BCUT2D eigenvalue weighted by molar-refractivity contribution is -0.116. The number of carbonyl (C=O) groups is 3. The fraction of sp³-hybridized carbons (Fsp3) is 0.263. The van der Waals surface area contributed by atoms with Gasteiger partial charge in [0.1, 0.15) is 17.8 Å². The molecule has 1 N–H and O–H groups in total. The zero-order valence-electron chi connectivity index (χ0n) is 16.4. The fourth-order valence-electron chi connectivity index (χ4n) is 2.72. The average molecular weight is 414 g/mol. The molecule has 1 amide bonds. The second kappa shape index (κ2) is 8.55. The number of rotatable bonds is 6. The van der Waals surface area contributed by atoms with Gasteiger partial charge in [-0.25, -0.2) is 9.59 Å². The molecule has 0 aliphatic rings. The van der Waals surface area contributed by atoms with Gasteiger partial charge in [0.25, 0.3) is 11.3 Å². The largest absolute Gasteiger partial charge is 0.465 e. The minimum Gasteiger partial charge on any atom is -0.465 e. The van der Waals surface area contributed by atoms with E-state index < -0.39 is 23.4 Å². The van der Waals surface area contributed by atoms with E-state index in [9.17, 15) is 19.2 Å². The molecule has 1 aromatic carbocycles. The predicted octanol–water partition coefficient (Wildman–Crippen LogP) is 1.29. The summed E-state index contributed by atoms with van der Waals surface area (Å²) in [5.41, 5.74) is -0.314. The minimum atomic E-state index is -0.819. The number of methoxy groups -OCH3 is 1. The zero-order valence-corrected chi connectivity index (χ0v) is 16.4. The van der Waals surface area contributed by atoms with E-state index in [2.05, 4.69) is 20.2 Å². The quantitative estimate of drug-likeness (QED) is 0.590. The molecule has 0 saturated carbocycles. The summed E-state index contributed by atoms with van der Waals surface area (Å²) in [4.78, 5) is 52.9.